The number of aromatic hydroxyl groups is 1. The first kappa shape index (κ1) is 19.8. The van der Waals surface area contributed by atoms with Gasteiger partial charge in [-0.2, -0.15) is 9.41 Å². The van der Waals surface area contributed by atoms with Crippen LogP contribution in [0.25, 0.3) is 0 Å². The lowest BCUT2D eigenvalue weighted by Gasteiger charge is -2.15. The summed E-state index contributed by atoms with van der Waals surface area (Å²) in [6, 6.07) is 10.6. The van der Waals surface area contributed by atoms with Gasteiger partial charge >= 0.3 is 0 Å². The Morgan fingerprint density at radius 2 is 1.96 bits per heavy atom. The van der Waals surface area contributed by atoms with E-state index in [1.165, 1.54) is 48.0 Å². The minimum atomic E-state index is -3.59. The van der Waals surface area contributed by atoms with Gasteiger partial charge in [0.2, 0.25) is 10.0 Å². The maximum absolute atomic E-state index is 12.6. The Morgan fingerprint density at radius 1 is 1.21 bits per heavy atom. The van der Waals surface area contributed by atoms with Crippen LogP contribution in [-0.2, 0) is 10.0 Å². The molecule has 2 N–H and O–H groups in total. The first-order chi connectivity index (χ1) is 13.4. The van der Waals surface area contributed by atoms with E-state index in [9.17, 15) is 18.3 Å². The third kappa shape index (κ3) is 4.32. The van der Waals surface area contributed by atoms with E-state index < -0.39 is 15.9 Å². The Bertz CT molecular complexity index is 998. The molecule has 0 unspecified atom stereocenters. The van der Waals surface area contributed by atoms with Gasteiger partial charge in [-0.05, 0) is 54.8 Å². The second-order valence-corrected chi connectivity index (χ2v) is 8.21. The van der Waals surface area contributed by atoms with Crippen molar-refractivity contribution in [3.05, 3.63) is 53.6 Å². The van der Waals surface area contributed by atoms with Crippen LogP contribution in [0, 0.1) is 0 Å². The summed E-state index contributed by atoms with van der Waals surface area (Å²) in [5, 5.41) is 13.6. The van der Waals surface area contributed by atoms with Gasteiger partial charge < -0.3 is 9.84 Å². The number of benzene rings is 2. The first-order valence-electron chi connectivity index (χ1n) is 8.72. The summed E-state index contributed by atoms with van der Waals surface area (Å²) in [4.78, 5) is 12.4. The lowest BCUT2D eigenvalue weighted by Crippen LogP contribution is -2.28. The molecule has 0 aromatic heterocycles. The van der Waals surface area contributed by atoms with Gasteiger partial charge in [0.25, 0.3) is 5.91 Å². The summed E-state index contributed by atoms with van der Waals surface area (Å²) in [7, 11) is -2.15. The van der Waals surface area contributed by atoms with Crippen molar-refractivity contribution in [2.24, 2.45) is 5.10 Å². The Kier molecular flexibility index (Phi) is 5.96. The number of nitrogens with one attached hydrogen (secondary N) is 1. The number of phenolic OH excluding ortho intramolecular Hbond substituents is 1. The minimum Gasteiger partial charge on any atom is -0.504 e. The topological polar surface area (TPSA) is 108 Å². The molecule has 1 fully saturated rings. The van der Waals surface area contributed by atoms with E-state index in [1.807, 2.05) is 0 Å². The molecule has 28 heavy (non-hydrogen) atoms. The lowest BCUT2D eigenvalue weighted by molar-refractivity contribution is 0.0955. The molecule has 0 atom stereocenters. The van der Waals surface area contributed by atoms with E-state index in [4.69, 9.17) is 4.74 Å². The van der Waals surface area contributed by atoms with Crippen LogP contribution in [0.2, 0.25) is 0 Å². The van der Waals surface area contributed by atoms with Gasteiger partial charge in [0.15, 0.2) is 11.5 Å². The van der Waals surface area contributed by atoms with E-state index in [0.717, 1.165) is 12.8 Å². The van der Waals surface area contributed by atoms with E-state index in [0.29, 0.717) is 24.4 Å². The molecule has 1 aliphatic rings. The van der Waals surface area contributed by atoms with Crippen molar-refractivity contribution in [3.63, 3.8) is 0 Å². The molecule has 9 heteroatoms. The number of carbonyl (C=O) groups excluding carboxylic acids is 1. The average Bonchev–Trinajstić information content (AvgIpc) is 3.24. The van der Waals surface area contributed by atoms with Crippen molar-refractivity contribution in [3.8, 4) is 11.5 Å². The number of rotatable bonds is 6. The summed E-state index contributed by atoms with van der Waals surface area (Å²) in [5.41, 5.74) is 3.10. The minimum absolute atomic E-state index is 0.0439. The predicted octanol–water partition coefficient (Wildman–Crippen LogP) is 1.95. The Morgan fingerprint density at radius 3 is 2.64 bits per heavy atom. The fraction of sp³-hybridized carbons (Fsp3) is 0.263. The van der Waals surface area contributed by atoms with Crippen molar-refractivity contribution in [2.45, 2.75) is 17.7 Å². The highest BCUT2D eigenvalue weighted by Gasteiger charge is 2.27. The quantitative estimate of drug-likeness (QED) is 0.566. The second kappa shape index (κ2) is 8.41. The third-order valence-electron chi connectivity index (χ3n) is 4.38. The predicted molar refractivity (Wildman–Crippen MR) is 104 cm³/mol. The van der Waals surface area contributed by atoms with Gasteiger partial charge in [-0.25, -0.2) is 13.8 Å². The zero-order valence-corrected chi connectivity index (χ0v) is 16.1. The van der Waals surface area contributed by atoms with Crippen molar-refractivity contribution in [1.29, 1.82) is 0 Å². The molecule has 1 aliphatic heterocycles. The molecule has 1 heterocycles. The normalized spacial score (nSPS) is 15.0. The number of hydrogen-bond acceptors (Lipinski definition) is 6. The van der Waals surface area contributed by atoms with Crippen LogP contribution in [0.4, 0.5) is 0 Å². The van der Waals surface area contributed by atoms with Gasteiger partial charge in [0, 0.05) is 18.7 Å². The van der Waals surface area contributed by atoms with Crippen molar-refractivity contribution in [2.75, 3.05) is 20.2 Å². The SMILES string of the molecule is COc1ccc(/C=N\NC(=O)c2cccc(S(=O)(=O)N3CCCC3)c2)cc1O. The average molecular weight is 403 g/mol. The van der Waals surface area contributed by atoms with Crippen LogP contribution in [-0.4, -0.2) is 50.2 Å². The monoisotopic (exact) mass is 403 g/mol. The summed E-state index contributed by atoms with van der Waals surface area (Å²) in [6.07, 6.45) is 3.05. The summed E-state index contributed by atoms with van der Waals surface area (Å²) >= 11 is 0. The second-order valence-electron chi connectivity index (χ2n) is 6.27. The van der Waals surface area contributed by atoms with E-state index in [2.05, 4.69) is 10.5 Å². The number of ether oxygens (including phenoxy) is 1. The number of methoxy groups -OCH3 is 1. The number of amides is 1. The zero-order chi connectivity index (χ0) is 20.1. The molecule has 0 bridgehead atoms. The molecular formula is C19H21N3O5S. The zero-order valence-electron chi connectivity index (χ0n) is 15.3. The number of hydrogen-bond donors (Lipinski definition) is 2. The Hall–Kier alpha value is -2.91. The van der Waals surface area contributed by atoms with Crippen LogP contribution in [0.1, 0.15) is 28.8 Å². The number of sulfonamides is 1. The number of nitrogens with zero attached hydrogens (tertiary/aromatic N) is 2. The summed E-state index contributed by atoms with van der Waals surface area (Å²) < 4.78 is 31.6. The van der Waals surface area contributed by atoms with Crippen LogP contribution in [0.3, 0.4) is 0 Å². The number of phenols is 1. The maximum Gasteiger partial charge on any atom is 0.271 e. The number of hydrazone groups is 1. The Balaban J connectivity index is 1.70. The van der Waals surface area contributed by atoms with Crippen molar-refractivity contribution in [1.82, 2.24) is 9.73 Å². The van der Waals surface area contributed by atoms with Crippen molar-refractivity contribution < 1.29 is 23.1 Å². The van der Waals surface area contributed by atoms with Gasteiger partial charge in [0.05, 0.1) is 18.2 Å². The van der Waals surface area contributed by atoms with E-state index >= 15 is 0 Å². The van der Waals surface area contributed by atoms with E-state index in [-0.39, 0.29) is 16.2 Å². The molecule has 148 valence electrons. The van der Waals surface area contributed by atoms with E-state index in [1.54, 1.807) is 12.1 Å². The Labute approximate surface area is 163 Å². The van der Waals surface area contributed by atoms with Crippen molar-refractivity contribution >= 4 is 22.1 Å². The van der Waals surface area contributed by atoms with Crippen LogP contribution in [0.15, 0.2) is 52.5 Å². The molecule has 0 aliphatic carbocycles. The van der Waals surface area contributed by atoms with Gasteiger partial charge in [-0.15, -0.1) is 0 Å². The van der Waals surface area contributed by atoms with Crippen LogP contribution < -0.4 is 10.2 Å². The fourth-order valence-corrected chi connectivity index (χ4v) is 4.46. The molecular weight excluding hydrogens is 382 g/mol. The molecule has 8 nitrogen and oxygen atoms in total. The molecule has 2 aromatic rings. The lowest BCUT2D eigenvalue weighted by atomic mass is 10.2. The molecule has 2 aromatic carbocycles. The highest BCUT2D eigenvalue weighted by atomic mass is 32.2. The molecule has 0 saturated carbocycles. The first-order valence-corrected chi connectivity index (χ1v) is 10.2. The van der Waals surface area contributed by atoms with Crippen LogP contribution in [0.5, 0.6) is 11.5 Å². The summed E-state index contributed by atoms with van der Waals surface area (Å²) in [6.45, 7) is 0.996. The smallest absolute Gasteiger partial charge is 0.271 e. The molecule has 1 saturated heterocycles. The van der Waals surface area contributed by atoms with Gasteiger partial charge in [-0.1, -0.05) is 6.07 Å². The molecule has 1 amide bonds. The van der Waals surface area contributed by atoms with Crippen LogP contribution >= 0.6 is 0 Å². The standard InChI is InChI=1S/C19H21N3O5S/c1-27-18-8-7-14(11-17(18)23)13-20-21-19(24)15-5-4-6-16(12-15)28(25,26)22-9-2-3-10-22/h4-8,11-13,23H,2-3,9-10H2,1H3,(H,21,24)/b20-13-. The largest absolute Gasteiger partial charge is 0.504 e. The molecule has 0 spiro atoms. The fourth-order valence-electron chi connectivity index (χ4n) is 2.89. The van der Waals surface area contributed by atoms with Gasteiger partial charge in [-0.3, -0.25) is 4.79 Å². The molecule has 3 rings (SSSR count). The summed E-state index contributed by atoms with van der Waals surface area (Å²) in [5.74, 6) is -0.248. The highest BCUT2D eigenvalue weighted by molar-refractivity contribution is 7.89. The highest BCUT2D eigenvalue weighted by Crippen LogP contribution is 2.25. The third-order valence-corrected chi connectivity index (χ3v) is 6.28. The molecule has 0 radical (unpaired) electrons. The van der Waals surface area contributed by atoms with Gasteiger partial charge in [0.1, 0.15) is 0 Å². The maximum atomic E-state index is 12.6. The number of carbonyl (C=O) groups is 1.